The minimum atomic E-state index is 0.324. The molecule has 0 fully saturated rings. The number of ether oxygens (including phenoxy) is 1. The molecule has 2 N–H and O–H groups in total. The Hall–Kier alpha value is -1.16. The highest BCUT2D eigenvalue weighted by Gasteiger charge is 2.05. The second-order valence-corrected chi connectivity index (χ2v) is 3.36. The van der Waals surface area contributed by atoms with E-state index in [1.807, 2.05) is 6.07 Å². The van der Waals surface area contributed by atoms with Gasteiger partial charge in [0.2, 0.25) is 5.88 Å². The Balaban J connectivity index is 2.69. The fraction of sp³-hybridized carbons (Fsp3) is 0.400. The van der Waals surface area contributed by atoms with E-state index in [2.05, 4.69) is 11.9 Å². The van der Waals surface area contributed by atoms with Gasteiger partial charge in [-0.2, -0.15) is 0 Å². The molecule has 0 spiro atoms. The minimum Gasteiger partial charge on any atom is -0.477 e. The lowest BCUT2D eigenvalue weighted by molar-refractivity contribution is 0.297. The molecule has 0 aliphatic heterocycles. The van der Waals surface area contributed by atoms with E-state index in [9.17, 15) is 0 Å². The van der Waals surface area contributed by atoms with Gasteiger partial charge < -0.3 is 10.5 Å². The van der Waals surface area contributed by atoms with Crippen molar-refractivity contribution in [2.75, 3.05) is 6.61 Å². The summed E-state index contributed by atoms with van der Waals surface area (Å²) in [6, 6.07) is 3.61. The van der Waals surface area contributed by atoms with E-state index in [0.717, 1.165) is 12.8 Å². The predicted molar refractivity (Wildman–Crippen MR) is 60.5 cm³/mol. The molecule has 14 heavy (non-hydrogen) atoms. The number of thiocarbonyl (C=S) groups is 1. The van der Waals surface area contributed by atoms with Gasteiger partial charge in [0.25, 0.3) is 0 Å². The number of hydrogen-bond acceptors (Lipinski definition) is 3. The van der Waals surface area contributed by atoms with Gasteiger partial charge in [-0.15, -0.1) is 0 Å². The minimum absolute atomic E-state index is 0.324. The third-order valence-electron chi connectivity index (χ3n) is 1.77. The van der Waals surface area contributed by atoms with Crippen LogP contribution in [0.3, 0.4) is 0 Å². The van der Waals surface area contributed by atoms with Gasteiger partial charge in [0.05, 0.1) is 12.2 Å². The summed E-state index contributed by atoms with van der Waals surface area (Å²) in [5.74, 6) is 0.536. The fourth-order valence-electron chi connectivity index (χ4n) is 1.01. The average molecular weight is 210 g/mol. The number of nitrogens with two attached hydrogens (primary N) is 1. The van der Waals surface area contributed by atoms with E-state index in [1.165, 1.54) is 0 Å². The van der Waals surface area contributed by atoms with Gasteiger partial charge in [0.15, 0.2) is 0 Å². The van der Waals surface area contributed by atoms with Crippen LogP contribution in [0.5, 0.6) is 5.88 Å². The maximum absolute atomic E-state index is 5.53. The van der Waals surface area contributed by atoms with Crippen molar-refractivity contribution < 1.29 is 4.74 Å². The molecule has 0 amide bonds. The first-order chi connectivity index (χ1) is 6.75. The van der Waals surface area contributed by atoms with Crippen LogP contribution in [0.15, 0.2) is 18.3 Å². The molecule has 0 aliphatic carbocycles. The Morgan fingerprint density at radius 2 is 2.43 bits per heavy atom. The lowest BCUT2D eigenvalue weighted by Gasteiger charge is -2.07. The first-order valence-electron chi connectivity index (χ1n) is 4.63. The molecule has 0 unspecified atom stereocenters. The van der Waals surface area contributed by atoms with E-state index in [0.29, 0.717) is 23.0 Å². The number of rotatable bonds is 5. The van der Waals surface area contributed by atoms with Crippen molar-refractivity contribution in [1.82, 2.24) is 4.98 Å². The molecule has 0 saturated carbocycles. The predicted octanol–water partition coefficient (Wildman–Crippen LogP) is 1.89. The van der Waals surface area contributed by atoms with Crippen molar-refractivity contribution in [1.29, 1.82) is 0 Å². The van der Waals surface area contributed by atoms with Crippen LogP contribution >= 0.6 is 12.2 Å². The zero-order chi connectivity index (χ0) is 10.4. The largest absolute Gasteiger partial charge is 0.477 e. The van der Waals surface area contributed by atoms with Gasteiger partial charge >= 0.3 is 0 Å². The van der Waals surface area contributed by atoms with Crippen LogP contribution in [0, 0.1) is 0 Å². The van der Waals surface area contributed by atoms with Crippen molar-refractivity contribution in [3.8, 4) is 5.88 Å². The maximum Gasteiger partial charge on any atom is 0.223 e. The number of nitrogens with zero attached hydrogens (tertiary/aromatic N) is 1. The summed E-state index contributed by atoms with van der Waals surface area (Å²) in [6.45, 7) is 2.76. The third kappa shape index (κ3) is 2.96. The molecule has 0 aromatic carbocycles. The molecule has 4 heteroatoms. The Labute approximate surface area is 89.3 Å². The molecule has 1 heterocycles. The number of unbranched alkanes of at least 4 members (excludes halogenated alkanes) is 1. The zero-order valence-corrected chi connectivity index (χ0v) is 9.01. The summed E-state index contributed by atoms with van der Waals surface area (Å²) in [6.07, 6.45) is 3.77. The molecule has 1 aromatic heterocycles. The van der Waals surface area contributed by atoms with E-state index in [-0.39, 0.29) is 0 Å². The quantitative estimate of drug-likeness (QED) is 0.595. The summed E-state index contributed by atoms with van der Waals surface area (Å²) in [5, 5.41) is 0. The maximum atomic E-state index is 5.53. The molecular formula is C10H14N2OS. The van der Waals surface area contributed by atoms with Crippen LogP contribution in [0.4, 0.5) is 0 Å². The van der Waals surface area contributed by atoms with Gasteiger partial charge in [0.1, 0.15) is 4.99 Å². The monoisotopic (exact) mass is 210 g/mol. The van der Waals surface area contributed by atoms with Crippen LogP contribution in [0.25, 0.3) is 0 Å². The third-order valence-corrected chi connectivity index (χ3v) is 1.99. The molecule has 0 aliphatic rings. The van der Waals surface area contributed by atoms with Crippen LogP contribution in [-0.2, 0) is 0 Å². The van der Waals surface area contributed by atoms with Crippen LogP contribution in [0.2, 0.25) is 0 Å². The van der Waals surface area contributed by atoms with Crippen LogP contribution in [0.1, 0.15) is 25.3 Å². The summed E-state index contributed by atoms with van der Waals surface area (Å²) in [7, 11) is 0. The molecule has 3 nitrogen and oxygen atoms in total. The number of hydrogen-bond donors (Lipinski definition) is 1. The topological polar surface area (TPSA) is 48.1 Å². The summed E-state index contributed by atoms with van der Waals surface area (Å²) in [5.41, 5.74) is 6.24. The zero-order valence-electron chi connectivity index (χ0n) is 8.19. The number of pyridine rings is 1. The standard InChI is InChI=1S/C10H14N2OS/c1-2-3-7-13-10-8(9(11)14)5-4-6-12-10/h4-6H,2-3,7H2,1H3,(H2,11,14). The lowest BCUT2D eigenvalue weighted by atomic mass is 10.3. The highest BCUT2D eigenvalue weighted by Crippen LogP contribution is 2.14. The summed E-state index contributed by atoms with van der Waals surface area (Å²) < 4.78 is 5.46. The van der Waals surface area contributed by atoms with Gasteiger partial charge in [-0.1, -0.05) is 25.6 Å². The molecule has 0 bridgehead atoms. The summed E-state index contributed by atoms with van der Waals surface area (Å²) in [4.78, 5) is 4.41. The summed E-state index contributed by atoms with van der Waals surface area (Å²) >= 11 is 4.89. The SMILES string of the molecule is CCCCOc1ncccc1C(N)=S. The van der Waals surface area contributed by atoms with Crippen molar-refractivity contribution >= 4 is 17.2 Å². The van der Waals surface area contributed by atoms with Gasteiger partial charge in [-0.25, -0.2) is 4.98 Å². The Kier molecular flexibility index (Phi) is 4.32. The number of aromatic nitrogens is 1. The van der Waals surface area contributed by atoms with Gasteiger partial charge in [-0.05, 0) is 18.6 Å². The Morgan fingerprint density at radius 1 is 1.64 bits per heavy atom. The van der Waals surface area contributed by atoms with E-state index < -0.39 is 0 Å². The molecule has 1 aromatic rings. The smallest absolute Gasteiger partial charge is 0.223 e. The van der Waals surface area contributed by atoms with Crippen LogP contribution in [-0.4, -0.2) is 16.6 Å². The molecular weight excluding hydrogens is 196 g/mol. The van der Waals surface area contributed by atoms with Crippen LogP contribution < -0.4 is 10.5 Å². The van der Waals surface area contributed by atoms with Gasteiger partial charge in [0, 0.05) is 6.20 Å². The molecule has 0 atom stereocenters. The second-order valence-electron chi connectivity index (χ2n) is 2.92. The molecule has 0 radical (unpaired) electrons. The highest BCUT2D eigenvalue weighted by atomic mass is 32.1. The van der Waals surface area contributed by atoms with Crippen molar-refractivity contribution in [3.63, 3.8) is 0 Å². The molecule has 1 rings (SSSR count). The van der Waals surface area contributed by atoms with E-state index >= 15 is 0 Å². The lowest BCUT2D eigenvalue weighted by Crippen LogP contribution is -2.12. The first-order valence-corrected chi connectivity index (χ1v) is 5.04. The van der Waals surface area contributed by atoms with E-state index in [1.54, 1.807) is 12.3 Å². The van der Waals surface area contributed by atoms with Gasteiger partial charge in [-0.3, -0.25) is 0 Å². The second kappa shape index (κ2) is 5.54. The first kappa shape index (κ1) is 10.9. The normalized spacial score (nSPS) is 9.79. The highest BCUT2D eigenvalue weighted by molar-refractivity contribution is 7.80. The molecule has 76 valence electrons. The van der Waals surface area contributed by atoms with Crippen molar-refractivity contribution in [2.24, 2.45) is 5.73 Å². The molecule has 0 saturated heterocycles. The van der Waals surface area contributed by atoms with Crippen molar-refractivity contribution in [3.05, 3.63) is 23.9 Å². The average Bonchev–Trinajstić information content (AvgIpc) is 2.19. The van der Waals surface area contributed by atoms with Crippen molar-refractivity contribution in [2.45, 2.75) is 19.8 Å². The van der Waals surface area contributed by atoms with E-state index in [4.69, 9.17) is 22.7 Å². The Bertz CT molecular complexity index is 315. The fourth-order valence-corrected chi connectivity index (χ4v) is 1.16. The Morgan fingerprint density at radius 3 is 3.07 bits per heavy atom.